The van der Waals surface area contributed by atoms with Crippen molar-refractivity contribution in [3.05, 3.63) is 70.6 Å². The predicted octanol–water partition coefficient (Wildman–Crippen LogP) is 5.40. The van der Waals surface area contributed by atoms with Crippen molar-refractivity contribution in [2.24, 2.45) is 5.18 Å². The predicted molar refractivity (Wildman–Crippen MR) is 82.1 cm³/mol. The van der Waals surface area contributed by atoms with Gasteiger partial charge in [-0.05, 0) is 22.9 Å². The molecule has 1 heterocycles. The number of halogens is 1. The zero-order valence-corrected chi connectivity index (χ0v) is 11.3. The topological polar surface area (TPSA) is 45.2 Å². The van der Waals surface area contributed by atoms with Crippen LogP contribution in [-0.2, 0) is 0 Å². The van der Waals surface area contributed by atoms with Crippen LogP contribution in [0.15, 0.2) is 65.8 Å². The molecular formula is C16H11ClN2O. The van der Waals surface area contributed by atoms with Gasteiger partial charge in [0.05, 0.1) is 0 Å². The lowest BCUT2D eigenvalue weighted by Gasteiger charge is -2.00. The van der Waals surface area contributed by atoms with Gasteiger partial charge >= 0.3 is 0 Å². The van der Waals surface area contributed by atoms with Crippen molar-refractivity contribution in [3.8, 4) is 22.4 Å². The summed E-state index contributed by atoms with van der Waals surface area (Å²) in [7, 11) is 0. The van der Waals surface area contributed by atoms with Gasteiger partial charge in [0.1, 0.15) is 0 Å². The second kappa shape index (κ2) is 5.31. The molecule has 3 rings (SSSR count). The highest BCUT2D eigenvalue weighted by Gasteiger charge is 2.14. The molecule has 2 aromatic carbocycles. The van der Waals surface area contributed by atoms with Crippen molar-refractivity contribution in [3.63, 3.8) is 0 Å². The standard InChI is InChI=1S/C16H11ClN2O/c17-14-9-5-4-8-12(14)13-10-15(18-16(13)19-20)11-6-2-1-3-7-11/h1-10,18H. The molecule has 4 heteroatoms. The number of nitroso groups, excluding NO2 is 1. The van der Waals surface area contributed by atoms with E-state index in [4.69, 9.17) is 11.6 Å². The molecule has 98 valence electrons. The first-order valence-electron chi connectivity index (χ1n) is 6.16. The van der Waals surface area contributed by atoms with Crippen LogP contribution < -0.4 is 0 Å². The number of hydrogen-bond acceptors (Lipinski definition) is 2. The molecule has 1 N–H and O–H groups in total. The molecule has 1 aromatic heterocycles. The van der Waals surface area contributed by atoms with Crippen molar-refractivity contribution in [2.45, 2.75) is 0 Å². The van der Waals surface area contributed by atoms with E-state index in [9.17, 15) is 4.91 Å². The molecule has 0 saturated heterocycles. The minimum absolute atomic E-state index is 0.289. The summed E-state index contributed by atoms with van der Waals surface area (Å²) >= 11 is 6.19. The highest BCUT2D eigenvalue weighted by atomic mass is 35.5. The van der Waals surface area contributed by atoms with E-state index in [2.05, 4.69) is 10.2 Å². The minimum Gasteiger partial charge on any atom is -0.336 e. The Balaban J connectivity index is 2.16. The van der Waals surface area contributed by atoms with Crippen molar-refractivity contribution in [1.82, 2.24) is 4.98 Å². The van der Waals surface area contributed by atoms with Gasteiger partial charge in [-0.15, -0.1) is 4.91 Å². The monoisotopic (exact) mass is 282 g/mol. The van der Waals surface area contributed by atoms with Crippen molar-refractivity contribution in [1.29, 1.82) is 0 Å². The summed E-state index contributed by atoms with van der Waals surface area (Å²) in [5, 5.41) is 3.66. The summed E-state index contributed by atoms with van der Waals surface area (Å²) in [5.41, 5.74) is 3.34. The lowest BCUT2D eigenvalue weighted by Crippen LogP contribution is -1.76. The van der Waals surface area contributed by atoms with E-state index >= 15 is 0 Å². The van der Waals surface area contributed by atoms with E-state index in [1.165, 1.54) is 0 Å². The number of aromatic amines is 1. The molecule has 0 bridgehead atoms. The third-order valence-electron chi connectivity index (χ3n) is 3.14. The largest absolute Gasteiger partial charge is 0.336 e. The summed E-state index contributed by atoms with van der Waals surface area (Å²) < 4.78 is 0. The van der Waals surface area contributed by atoms with E-state index in [-0.39, 0.29) is 5.82 Å². The van der Waals surface area contributed by atoms with Crippen LogP contribution in [0, 0.1) is 4.91 Å². The van der Waals surface area contributed by atoms with Crippen LogP contribution in [0.5, 0.6) is 0 Å². The normalized spacial score (nSPS) is 10.4. The Morgan fingerprint density at radius 1 is 0.900 bits per heavy atom. The summed E-state index contributed by atoms with van der Waals surface area (Å²) in [6.45, 7) is 0. The number of nitrogens with zero attached hydrogens (tertiary/aromatic N) is 1. The first-order chi connectivity index (χ1) is 9.79. The second-order valence-electron chi connectivity index (χ2n) is 4.38. The maximum absolute atomic E-state index is 11.0. The van der Waals surface area contributed by atoms with Crippen LogP contribution in [-0.4, -0.2) is 4.98 Å². The van der Waals surface area contributed by atoms with E-state index in [0.29, 0.717) is 10.6 Å². The fourth-order valence-electron chi connectivity index (χ4n) is 2.17. The van der Waals surface area contributed by atoms with Gasteiger partial charge in [0.15, 0.2) is 5.82 Å². The number of rotatable bonds is 3. The van der Waals surface area contributed by atoms with Gasteiger partial charge in [-0.25, -0.2) is 0 Å². The van der Waals surface area contributed by atoms with E-state index in [1.54, 1.807) is 6.07 Å². The first kappa shape index (κ1) is 12.6. The third-order valence-corrected chi connectivity index (χ3v) is 3.47. The molecule has 0 spiro atoms. The molecular weight excluding hydrogens is 272 g/mol. The molecule has 0 atom stereocenters. The summed E-state index contributed by atoms with van der Waals surface area (Å²) in [6, 6.07) is 19.1. The maximum Gasteiger partial charge on any atom is 0.183 e. The van der Waals surface area contributed by atoms with Gasteiger partial charge < -0.3 is 4.98 Å². The first-order valence-corrected chi connectivity index (χ1v) is 6.54. The second-order valence-corrected chi connectivity index (χ2v) is 4.79. The highest BCUT2D eigenvalue weighted by molar-refractivity contribution is 6.33. The van der Waals surface area contributed by atoms with E-state index in [0.717, 1.165) is 16.8 Å². The highest BCUT2D eigenvalue weighted by Crippen LogP contribution is 2.37. The van der Waals surface area contributed by atoms with E-state index in [1.807, 2.05) is 54.6 Å². The van der Waals surface area contributed by atoms with Gasteiger partial charge in [-0.2, -0.15) is 0 Å². The summed E-state index contributed by atoms with van der Waals surface area (Å²) in [5.74, 6) is 0.289. The molecule has 0 fully saturated rings. The van der Waals surface area contributed by atoms with E-state index < -0.39 is 0 Å². The quantitative estimate of drug-likeness (QED) is 0.642. The molecule has 0 radical (unpaired) electrons. The number of nitrogens with one attached hydrogen (secondary N) is 1. The number of benzene rings is 2. The maximum atomic E-state index is 11.0. The van der Waals surface area contributed by atoms with Crippen LogP contribution >= 0.6 is 11.6 Å². The van der Waals surface area contributed by atoms with Gasteiger partial charge in [0.2, 0.25) is 0 Å². The molecule has 0 saturated carbocycles. The van der Waals surface area contributed by atoms with Crippen LogP contribution in [0.3, 0.4) is 0 Å². The molecule has 0 unspecified atom stereocenters. The smallest absolute Gasteiger partial charge is 0.183 e. The SMILES string of the molecule is O=Nc1[nH]c(-c2ccccc2)cc1-c1ccccc1Cl. The van der Waals surface area contributed by atoms with Crippen molar-refractivity contribution >= 4 is 17.4 Å². The minimum atomic E-state index is 0.289. The van der Waals surface area contributed by atoms with Crippen LogP contribution in [0.1, 0.15) is 0 Å². The van der Waals surface area contributed by atoms with Crippen molar-refractivity contribution in [2.75, 3.05) is 0 Å². The molecule has 0 aliphatic carbocycles. The molecule has 3 aromatic rings. The van der Waals surface area contributed by atoms with Gasteiger partial charge in [-0.3, -0.25) is 0 Å². The van der Waals surface area contributed by atoms with Gasteiger partial charge in [-0.1, -0.05) is 60.1 Å². The molecule has 0 amide bonds. The fraction of sp³-hybridized carbons (Fsp3) is 0. The third kappa shape index (κ3) is 2.24. The Morgan fingerprint density at radius 2 is 1.60 bits per heavy atom. The average molecular weight is 283 g/mol. The number of hydrogen-bond donors (Lipinski definition) is 1. The lowest BCUT2D eigenvalue weighted by atomic mass is 10.1. The van der Waals surface area contributed by atoms with Crippen LogP contribution in [0.4, 0.5) is 5.82 Å². The Morgan fingerprint density at radius 3 is 2.30 bits per heavy atom. The molecule has 20 heavy (non-hydrogen) atoms. The Labute approximate surface area is 121 Å². The Hall–Kier alpha value is -2.39. The Bertz CT molecular complexity index is 750. The average Bonchev–Trinajstić information content (AvgIpc) is 2.93. The Kier molecular flexibility index (Phi) is 3.35. The van der Waals surface area contributed by atoms with Crippen LogP contribution in [0.25, 0.3) is 22.4 Å². The molecule has 0 aliphatic rings. The number of aromatic nitrogens is 1. The van der Waals surface area contributed by atoms with Gasteiger partial charge in [0, 0.05) is 21.8 Å². The number of H-pyrrole nitrogens is 1. The van der Waals surface area contributed by atoms with Gasteiger partial charge in [0.25, 0.3) is 0 Å². The van der Waals surface area contributed by atoms with Crippen molar-refractivity contribution < 1.29 is 0 Å². The fourth-order valence-corrected chi connectivity index (χ4v) is 2.41. The molecule has 3 nitrogen and oxygen atoms in total. The van der Waals surface area contributed by atoms with Crippen LogP contribution in [0.2, 0.25) is 5.02 Å². The summed E-state index contributed by atoms with van der Waals surface area (Å²) in [4.78, 5) is 14.1. The summed E-state index contributed by atoms with van der Waals surface area (Å²) in [6.07, 6.45) is 0. The molecule has 0 aliphatic heterocycles. The lowest BCUT2D eigenvalue weighted by molar-refractivity contribution is 1.32. The zero-order valence-electron chi connectivity index (χ0n) is 10.5. The zero-order chi connectivity index (χ0) is 13.9.